The zero-order valence-electron chi connectivity index (χ0n) is 21.0. The predicted octanol–water partition coefficient (Wildman–Crippen LogP) is 5.32. The molecule has 3 aromatic rings. The molecule has 1 amide bonds. The number of carbonyl (C=O) groups excluding carboxylic acids is 2. The van der Waals surface area contributed by atoms with Crippen molar-refractivity contribution in [1.82, 2.24) is 0 Å². The zero-order chi connectivity index (χ0) is 26.0. The van der Waals surface area contributed by atoms with Gasteiger partial charge in [-0.3, -0.25) is 13.9 Å². The van der Waals surface area contributed by atoms with E-state index in [2.05, 4.69) is 26.1 Å². The molecule has 6 nitrogen and oxygen atoms in total. The Morgan fingerprint density at radius 1 is 0.886 bits per heavy atom. The van der Waals surface area contributed by atoms with E-state index in [1.807, 2.05) is 31.2 Å². The standard InChI is InChI=1S/C28H32N2O4S/c1-19-10-16-25(17-11-19)30(35(6,33)34)20(2)27(32)29-24-9-7-8-22(18-24)26(31)21-12-14-23(15-13-21)28(3,4)5/h7-18,20H,1-6H3,(H,29,32)/t20-/m1/s1. The molecule has 0 aliphatic rings. The van der Waals surface area contributed by atoms with Gasteiger partial charge in [0.15, 0.2) is 5.78 Å². The molecule has 0 heterocycles. The second-order valence-corrected chi connectivity index (χ2v) is 11.7. The predicted molar refractivity (Wildman–Crippen MR) is 142 cm³/mol. The van der Waals surface area contributed by atoms with Crippen LogP contribution in [0, 0.1) is 6.92 Å². The minimum Gasteiger partial charge on any atom is -0.324 e. The quantitative estimate of drug-likeness (QED) is 0.453. The number of hydrogen-bond acceptors (Lipinski definition) is 4. The van der Waals surface area contributed by atoms with Crippen LogP contribution >= 0.6 is 0 Å². The number of ketones is 1. The Balaban J connectivity index is 1.81. The van der Waals surface area contributed by atoms with Gasteiger partial charge in [0, 0.05) is 16.8 Å². The van der Waals surface area contributed by atoms with Gasteiger partial charge in [0.2, 0.25) is 15.9 Å². The highest BCUT2D eigenvalue weighted by Gasteiger charge is 2.29. The van der Waals surface area contributed by atoms with Gasteiger partial charge in [-0.1, -0.05) is 74.9 Å². The van der Waals surface area contributed by atoms with E-state index in [1.54, 1.807) is 48.5 Å². The van der Waals surface area contributed by atoms with Crippen LogP contribution in [0.4, 0.5) is 11.4 Å². The van der Waals surface area contributed by atoms with Crippen molar-refractivity contribution in [3.05, 3.63) is 95.1 Å². The second-order valence-electron chi connectivity index (χ2n) is 9.80. The van der Waals surface area contributed by atoms with Crippen molar-refractivity contribution in [3.63, 3.8) is 0 Å². The molecular weight excluding hydrogens is 460 g/mol. The van der Waals surface area contributed by atoms with Crippen LogP contribution < -0.4 is 9.62 Å². The summed E-state index contributed by atoms with van der Waals surface area (Å²) in [6, 6.07) is 20.1. The third kappa shape index (κ3) is 6.36. The third-order valence-electron chi connectivity index (χ3n) is 5.78. The molecule has 3 aromatic carbocycles. The molecule has 0 radical (unpaired) electrons. The highest BCUT2D eigenvalue weighted by molar-refractivity contribution is 7.92. The van der Waals surface area contributed by atoms with Crippen LogP contribution in [0.5, 0.6) is 0 Å². The molecule has 35 heavy (non-hydrogen) atoms. The van der Waals surface area contributed by atoms with Gasteiger partial charge in [-0.05, 0) is 49.1 Å². The Hall–Kier alpha value is -3.45. The Bertz CT molecular complexity index is 1320. The number of rotatable bonds is 7. The van der Waals surface area contributed by atoms with Crippen molar-refractivity contribution in [1.29, 1.82) is 0 Å². The number of benzene rings is 3. The first-order chi connectivity index (χ1) is 16.3. The van der Waals surface area contributed by atoms with Crippen molar-refractivity contribution in [2.75, 3.05) is 15.9 Å². The summed E-state index contributed by atoms with van der Waals surface area (Å²) in [5, 5.41) is 2.75. The van der Waals surface area contributed by atoms with E-state index in [4.69, 9.17) is 0 Å². The van der Waals surface area contributed by atoms with Crippen LogP contribution in [-0.2, 0) is 20.2 Å². The molecule has 3 rings (SSSR count). The van der Waals surface area contributed by atoms with Gasteiger partial charge in [0.05, 0.1) is 11.9 Å². The van der Waals surface area contributed by atoms with Gasteiger partial charge in [-0.15, -0.1) is 0 Å². The first-order valence-corrected chi connectivity index (χ1v) is 13.2. The maximum atomic E-state index is 13.0. The molecule has 1 atom stereocenters. The molecular formula is C28H32N2O4S. The van der Waals surface area contributed by atoms with E-state index in [-0.39, 0.29) is 11.2 Å². The van der Waals surface area contributed by atoms with Crippen molar-refractivity contribution < 1.29 is 18.0 Å². The Kier molecular flexibility index (Phi) is 7.50. The number of nitrogens with zero attached hydrogens (tertiary/aromatic N) is 1. The Morgan fingerprint density at radius 2 is 1.49 bits per heavy atom. The first kappa shape index (κ1) is 26.2. The molecule has 7 heteroatoms. The summed E-state index contributed by atoms with van der Waals surface area (Å²) in [6.45, 7) is 9.77. The molecule has 0 bridgehead atoms. The number of hydrogen-bond donors (Lipinski definition) is 1. The molecule has 0 saturated carbocycles. The summed E-state index contributed by atoms with van der Waals surface area (Å²) in [4.78, 5) is 26.1. The average molecular weight is 493 g/mol. The molecule has 0 saturated heterocycles. The van der Waals surface area contributed by atoms with E-state index in [1.165, 1.54) is 6.92 Å². The lowest BCUT2D eigenvalue weighted by molar-refractivity contribution is -0.116. The maximum Gasteiger partial charge on any atom is 0.247 e. The van der Waals surface area contributed by atoms with Crippen LogP contribution in [0.15, 0.2) is 72.8 Å². The molecule has 0 aromatic heterocycles. The fourth-order valence-electron chi connectivity index (χ4n) is 3.77. The van der Waals surface area contributed by atoms with Crippen LogP contribution in [0.1, 0.15) is 54.7 Å². The Morgan fingerprint density at radius 3 is 2.03 bits per heavy atom. The number of nitrogens with one attached hydrogen (secondary N) is 1. The molecule has 0 unspecified atom stereocenters. The third-order valence-corrected chi connectivity index (χ3v) is 7.02. The van der Waals surface area contributed by atoms with Gasteiger partial charge < -0.3 is 5.32 Å². The van der Waals surface area contributed by atoms with E-state index >= 15 is 0 Å². The van der Waals surface area contributed by atoms with Gasteiger partial charge in [-0.2, -0.15) is 0 Å². The largest absolute Gasteiger partial charge is 0.324 e. The summed E-state index contributed by atoms with van der Waals surface area (Å²) >= 11 is 0. The van der Waals surface area contributed by atoms with Crippen molar-refractivity contribution >= 4 is 33.1 Å². The minimum atomic E-state index is -3.72. The number of sulfonamides is 1. The number of anilines is 2. The van der Waals surface area contributed by atoms with Crippen LogP contribution in [0.3, 0.4) is 0 Å². The zero-order valence-corrected chi connectivity index (χ0v) is 21.8. The second kappa shape index (κ2) is 10.0. The number of carbonyl (C=O) groups is 2. The van der Waals surface area contributed by atoms with Crippen LogP contribution in [-0.4, -0.2) is 32.4 Å². The lowest BCUT2D eigenvalue weighted by atomic mass is 9.86. The minimum absolute atomic E-state index is 0.0130. The normalized spacial score (nSPS) is 12.6. The lowest BCUT2D eigenvalue weighted by Crippen LogP contribution is -2.45. The molecule has 0 aliphatic heterocycles. The number of aryl methyl sites for hydroxylation is 1. The molecule has 0 fully saturated rings. The van der Waals surface area contributed by atoms with Crippen molar-refractivity contribution in [2.24, 2.45) is 0 Å². The van der Waals surface area contributed by atoms with E-state index in [0.717, 1.165) is 21.7 Å². The number of amides is 1. The van der Waals surface area contributed by atoms with Crippen LogP contribution in [0.25, 0.3) is 0 Å². The summed E-state index contributed by atoms with van der Waals surface area (Å²) in [6.07, 6.45) is 1.07. The fraction of sp³-hybridized carbons (Fsp3) is 0.286. The lowest BCUT2D eigenvalue weighted by Gasteiger charge is -2.28. The van der Waals surface area contributed by atoms with E-state index in [0.29, 0.717) is 22.5 Å². The maximum absolute atomic E-state index is 13.0. The van der Waals surface area contributed by atoms with Crippen molar-refractivity contribution in [2.45, 2.75) is 46.1 Å². The SMILES string of the molecule is Cc1ccc(N([C@H](C)C(=O)Nc2cccc(C(=O)c3ccc(C(C)(C)C)cc3)c2)S(C)(=O)=O)cc1. The van der Waals surface area contributed by atoms with E-state index in [9.17, 15) is 18.0 Å². The molecule has 1 N–H and O–H groups in total. The van der Waals surface area contributed by atoms with Crippen LogP contribution in [0.2, 0.25) is 0 Å². The smallest absolute Gasteiger partial charge is 0.247 e. The van der Waals surface area contributed by atoms with Gasteiger partial charge in [0.25, 0.3) is 0 Å². The Labute approximate surface area is 208 Å². The average Bonchev–Trinajstić information content (AvgIpc) is 2.78. The summed E-state index contributed by atoms with van der Waals surface area (Å²) in [5.74, 6) is -0.665. The highest BCUT2D eigenvalue weighted by atomic mass is 32.2. The monoisotopic (exact) mass is 492 g/mol. The van der Waals surface area contributed by atoms with E-state index < -0.39 is 22.0 Å². The highest BCUT2D eigenvalue weighted by Crippen LogP contribution is 2.24. The summed E-state index contributed by atoms with van der Waals surface area (Å²) in [5.41, 5.74) is 3.90. The van der Waals surface area contributed by atoms with Gasteiger partial charge >= 0.3 is 0 Å². The summed E-state index contributed by atoms with van der Waals surface area (Å²) in [7, 11) is -3.72. The first-order valence-electron chi connectivity index (χ1n) is 11.4. The van der Waals surface area contributed by atoms with Gasteiger partial charge in [-0.25, -0.2) is 8.42 Å². The molecule has 0 spiro atoms. The van der Waals surface area contributed by atoms with Gasteiger partial charge in [0.1, 0.15) is 6.04 Å². The van der Waals surface area contributed by atoms with Crippen molar-refractivity contribution in [3.8, 4) is 0 Å². The topological polar surface area (TPSA) is 83.6 Å². The molecule has 184 valence electrons. The fourth-order valence-corrected chi connectivity index (χ4v) is 4.95. The summed E-state index contributed by atoms with van der Waals surface area (Å²) < 4.78 is 26.1. The molecule has 0 aliphatic carbocycles.